The van der Waals surface area contributed by atoms with Crippen LogP contribution in [-0.4, -0.2) is 30.1 Å². The maximum absolute atomic E-state index is 12.1. The van der Waals surface area contributed by atoms with Gasteiger partial charge in [-0.2, -0.15) is 0 Å². The van der Waals surface area contributed by atoms with Crippen molar-refractivity contribution in [1.82, 2.24) is 10.2 Å². The fourth-order valence-electron chi connectivity index (χ4n) is 2.78. The molecule has 7 heteroatoms. The van der Waals surface area contributed by atoms with Gasteiger partial charge in [0.2, 0.25) is 0 Å². The summed E-state index contributed by atoms with van der Waals surface area (Å²) in [5, 5.41) is 8.84. The average Bonchev–Trinajstić information content (AvgIpc) is 3.06. The van der Waals surface area contributed by atoms with Crippen molar-refractivity contribution in [2.45, 2.75) is 25.4 Å². The number of thiophene rings is 1. The Labute approximate surface area is 155 Å². The fourth-order valence-corrected chi connectivity index (χ4v) is 3.83. The molecule has 1 aromatic carbocycles. The molecular weight excluding hydrogens is 365 g/mol. The first kappa shape index (κ1) is 17.5. The van der Waals surface area contributed by atoms with Crippen LogP contribution in [0.3, 0.4) is 0 Å². The Kier molecular flexibility index (Phi) is 6.00. The number of carbonyl (C=O) groups excluding carboxylic acids is 1. The van der Waals surface area contributed by atoms with E-state index in [1.54, 1.807) is 29.5 Å². The number of amides is 2. The summed E-state index contributed by atoms with van der Waals surface area (Å²) >= 11 is 13.6. The van der Waals surface area contributed by atoms with Crippen LogP contribution in [-0.2, 0) is 6.54 Å². The number of nitrogens with zero attached hydrogens (tertiary/aromatic N) is 1. The van der Waals surface area contributed by atoms with E-state index < -0.39 is 0 Å². The van der Waals surface area contributed by atoms with Crippen molar-refractivity contribution in [3.8, 4) is 0 Å². The maximum atomic E-state index is 12.1. The number of rotatable bonds is 4. The van der Waals surface area contributed by atoms with E-state index in [2.05, 4.69) is 33.0 Å². The Morgan fingerprint density at radius 2 is 2.00 bits per heavy atom. The number of urea groups is 1. The van der Waals surface area contributed by atoms with Gasteiger partial charge in [-0.05, 0) is 42.5 Å². The lowest BCUT2D eigenvalue weighted by atomic mass is 10.1. The quantitative estimate of drug-likeness (QED) is 0.792. The highest BCUT2D eigenvalue weighted by atomic mass is 35.5. The number of benzene rings is 1. The van der Waals surface area contributed by atoms with E-state index in [0.29, 0.717) is 15.7 Å². The number of halogens is 2. The van der Waals surface area contributed by atoms with Crippen LogP contribution in [0.4, 0.5) is 10.5 Å². The summed E-state index contributed by atoms with van der Waals surface area (Å²) in [6, 6.07) is 9.30. The van der Waals surface area contributed by atoms with Gasteiger partial charge in [0.05, 0.1) is 10.0 Å². The first-order chi connectivity index (χ1) is 11.6. The zero-order chi connectivity index (χ0) is 16.9. The van der Waals surface area contributed by atoms with E-state index in [-0.39, 0.29) is 12.1 Å². The number of piperidine rings is 1. The molecule has 0 spiro atoms. The van der Waals surface area contributed by atoms with Gasteiger partial charge in [-0.25, -0.2) is 4.79 Å². The molecule has 0 aliphatic carbocycles. The van der Waals surface area contributed by atoms with Gasteiger partial charge >= 0.3 is 6.03 Å². The normalized spacial score (nSPS) is 16.1. The smallest absolute Gasteiger partial charge is 0.319 e. The second kappa shape index (κ2) is 8.21. The highest BCUT2D eigenvalue weighted by molar-refractivity contribution is 7.09. The molecule has 3 rings (SSSR count). The van der Waals surface area contributed by atoms with E-state index >= 15 is 0 Å². The zero-order valence-corrected chi connectivity index (χ0v) is 15.4. The van der Waals surface area contributed by atoms with E-state index in [1.807, 2.05) is 0 Å². The Bertz CT molecular complexity index is 685. The van der Waals surface area contributed by atoms with Crippen molar-refractivity contribution in [3.63, 3.8) is 0 Å². The predicted molar refractivity (Wildman–Crippen MR) is 101 cm³/mol. The van der Waals surface area contributed by atoms with Crippen molar-refractivity contribution in [1.29, 1.82) is 0 Å². The second-order valence-electron chi connectivity index (χ2n) is 5.86. The van der Waals surface area contributed by atoms with Crippen LogP contribution < -0.4 is 10.6 Å². The van der Waals surface area contributed by atoms with Gasteiger partial charge in [-0.15, -0.1) is 11.3 Å². The molecule has 1 saturated heterocycles. The molecule has 2 N–H and O–H groups in total. The van der Waals surface area contributed by atoms with E-state index in [4.69, 9.17) is 23.2 Å². The van der Waals surface area contributed by atoms with Gasteiger partial charge in [0.15, 0.2) is 0 Å². The number of likely N-dealkylation sites (tertiary alicyclic amines) is 1. The molecule has 4 nitrogen and oxygen atoms in total. The number of hydrogen-bond donors (Lipinski definition) is 2. The molecular formula is C17H19Cl2N3OS. The van der Waals surface area contributed by atoms with Gasteiger partial charge in [0.1, 0.15) is 0 Å². The number of anilines is 1. The van der Waals surface area contributed by atoms with Crippen molar-refractivity contribution in [2.24, 2.45) is 0 Å². The van der Waals surface area contributed by atoms with Crippen molar-refractivity contribution >= 4 is 46.3 Å². The lowest BCUT2D eigenvalue weighted by molar-refractivity contribution is 0.191. The van der Waals surface area contributed by atoms with Crippen LogP contribution in [0.1, 0.15) is 17.7 Å². The zero-order valence-electron chi connectivity index (χ0n) is 13.1. The molecule has 2 heterocycles. The third-order valence-electron chi connectivity index (χ3n) is 4.06. The van der Waals surface area contributed by atoms with Gasteiger partial charge in [0, 0.05) is 36.2 Å². The lowest BCUT2D eigenvalue weighted by Gasteiger charge is -2.32. The molecule has 0 saturated carbocycles. The highest BCUT2D eigenvalue weighted by Crippen LogP contribution is 2.25. The largest absolute Gasteiger partial charge is 0.335 e. The van der Waals surface area contributed by atoms with Crippen molar-refractivity contribution in [2.75, 3.05) is 18.4 Å². The molecule has 0 radical (unpaired) electrons. The van der Waals surface area contributed by atoms with E-state index in [9.17, 15) is 4.79 Å². The first-order valence-electron chi connectivity index (χ1n) is 7.87. The van der Waals surface area contributed by atoms with Crippen LogP contribution in [0.2, 0.25) is 10.0 Å². The molecule has 0 unspecified atom stereocenters. The first-order valence-corrected chi connectivity index (χ1v) is 9.51. The summed E-state index contributed by atoms with van der Waals surface area (Å²) in [7, 11) is 0. The molecule has 0 atom stereocenters. The fraction of sp³-hybridized carbons (Fsp3) is 0.353. The average molecular weight is 384 g/mol. The van der Waals surface area contributed by atoms with Gasteiger partial charge in [-0.1, -0.05) is 29.3 Å². The molecule has 24 heavy (non-hydrogen) atoms. The third kappa shape index (κ3) is 4.86. The monoisotopic (exact) mass is 383 g/mol. The van der Waals surface area contributed by atoms with Crippen LogP contribution in [0.25, 0.3) is 0 Å². The molecule has 1 aliphatic rings. The van der Waals surface area contributed by atoms with Crippen LogP contribution in [0.15, 0.2) is 35.7 Å². The molecule has 2 aromatic rings. The van der Waals surface area contributed by atoms with Crippen LogP contribution >= 0.6 is 34.5 Å². The van der Waals surface area contributed by atoms with Crippen LogP contribution in [0, 0.1) is 0 Å². The van der Waals surface area contributed by atoms with Crippen LogP contribution in [0.5, 0.6) is 0 Å². The summed E-state index contributed by atoms with van der Waals surface area (Å²) in [5.41, 5.74) is 0.636. The Morgan fingerprint density at radius 3 is 2.67 bits per heavy atom. The molecule has 1 aromatic heterocycles. The van der Waals surface area contributed by atoms with Gasteiger partial charge < -0.3 is 10.6 Å². The highest BCUT2D eigenvalue weighted by Gasteiger charge is 2.21. The Balaban J connectivity index is 1.43. The number of nitrogens with one attached hydrogen (secondary N) is 2. The summed E-state index contributed by atoms with van der Waals surface area (Å²) in [6.45, 7) is 2.99. The topological polar surface area (TPSA) is 44.4 Å². The van der Waals surface area contributed by atoms with Gasteiger partial charge in [0.25, 0.3) is 0 Å². The number of carbonyl (C=O) groups is 1. The van der Waals surface area contributed by atoms with Crippen molar-refractivity contribution < 1.29 is 4.79 Å². The third-order valence-corrected chi connectivity index (χ3v) is 5.66. The second-order valence-corrected chi connectivity index (χ2v) is 7.70. The van der Waals surface area contributed by atoms with E-state index in [1.165, 1.54) is 4.88 Å². The molecule has 1 fully saturated rings. The van der Waals surface area contributed by atoms with Crippen molar-refractivity contribution in [3.05, 3.63) is 50.6 Å². The minimum Gasteiger partial charge on any atom is -0.335 e. The standard InChI is InChI=1S/C17H19Cl2N3OS/c18-15-4-3-13(10-16(15)19)21-17(23)20-12-5-7-22(8-6-12)11-14-2-1-9-24-14/h1-4,9-10,12H,5-8,11H2,(H2,20,21,23). The maximum Gasteiger partial charge on any atom is 0.319 e. The molecule has 2 amide bonds. The predicted octanol–water partition coefficient (Wildman–Crippen LogP) is 4.84. The van der Waals surface area contributed by atoms with E-state index in [0.717, 1.165) is 32.5 Å². The summed E-state index contributed by atoms with van der Waals surface area (Å²) in [6.07, 6.45) is 1.92. The molecule has 128 valence electrons. The summed E-state index contributed by atoms with van der Waals surface area (Å²) in [4.78, 5) is 15.9. The molecule has 0 bridgehead atoms. The van der Waals surface area contributed by atoms with Gasteiger partial charge in [-0.3, -0.25) is 4.90 Å². The Morgan fingerprint density at radius 1 is 1.21 bits per heavy atom. The number of hydrogen-bond acceptors (Lipinski definition) is 3. The minimum atomic E-state index is -0.204. The Hall–Kier alpha value is -1.27. The molecule has 1 aliphatic heterocycles. The SMILES string of the molecule is O=C(Nc1ccc(Cl)c(Cl)c1)NC1CCN(Cc2cccs2)CC1. The summed E-state index contributed by atoms with van der Waals surface area (Å²) < 4.78 is 0. The summed E-state index contributed by atoms with van der Waals surface area (Å²) in [5.74, 6) is 0. The lowest BCUT2D eigenvalue weighted by Crippen LogP contribution is -2.45. The minimum absolute atomic E-state index is 0.201.